The van der Waals surface area contributed by atoms with Crippen LogP contribution in [0.1, 0.15) is 0 Å². The van der Waals surface area contributed by atoms with Crippen molar-refractivity contribution in [1.29, 1.82) is 0 Å². The predicted octanol–water partition coefficient (Wildman–Crippen LogP) is 2.08. The minimum absolute atomic E-state index is 0.366. The van der Waals surface area contributed by atoms with Crippen LogP contribution in [-0.4, -0.2) is 9.97 Å². The number of nitrogen functional groups attached to an aromatic ring is 1. The van der Waals surface area contributed by atoms with Crippen molar-refractivity contribution in [2.75, 3.05) is 5.73 Å². The topological polar surface area (TPSA) is 64.9 Å². The third kappa shape index (κ3) is 1.55. The molecule has 66 valence electrons. The first-order valence-electron chi connectivity index (χ1n) is 3.57. The Morgan fingerprint density at radius 1 is 1.31 bits per heavy atom. The average Bonchev–Trinajstić information content (AvgIpc) is 2.47. The minimum atomic E-state index is 0.366. The fourth-order valence-corrected chi connectivity index (χ4v) is 1.55. The van der Waals surface area contributed by atoms with Crippen LogP contribution in [0.2, 0.25) is 0 Å². The van der Waals surface area contributed by atoms with Crippen LogP contribution in [0.15, 0.2) is 33.9 Å². The fraction of sp³-hybridized carbons (Fsp3) is 0. The Labute approximate surface area is 82.9 Å². The summed E-state index contributed by atoms with van der Waals surface area (Å²) in [6, 6.07) is 1.72. The molecule has 0 aliphatic carbocycles. The van der Waals surface area contributed by atoms with E-state index in [1.807, 2.05) is 0 Å². The maximum absolute atomic E-state index is 5.48. The molecule has 0 saturated carbocycles. The summed E-state index contributed by atoms with van der Waals surface area (Å²) in [5.74, 6) is 0.366. The highest BCUT2D eigenvalue weighted by Gasteiger charge is 2.08. The molecule has 0 unspecified atom stereocenters. The van der Waals surface area contributed by atoms with Crippen molar-refractivity contribution in [2.45, 2.75) is 0 Å². The smallest absolute Gasteiger partial charge is 0.192 e. The van der Waals surface area contributed by atoms with E-state index < -0.39 is 0 Å². The summed E-state index contributed by atoms with van der Waals surface area (Å²) in [4.78, 5) is 7.79. The third-order valence-electron chi connectivity index (χ3n) is 1.58. The Hall–Kier alpha value is -1.36. The van der Waals surface area contributed by atoms with Gasteiger partial charge in [0.15, 0.2) is 10.6 Å². The van der Waals surface area contributed by atoms with Crippen molar-refractivity contribution in [3.05, 3.63) is 29.5 Å². The Bertz CT molecular complexity index is 413. The van der Waals surface area contributed by atoms with Crippen molar-refractivity contribution in [3.63, 3.8) is 0 Å². The van der Waals surface area contributed by atoms with E-state index in [9.17, 15) is 0 Å². The number of hydrogen-bond acceptors (Lipinski definition) is 4. The molecule has 0 radical (unpaired) electrons. The fourth-order valence-electron chi connectivity index (χ4n) is 1.02. The molecule has 0 aromatic carbocycles. The van der Waals surface area contributed by atoms with Crippen molar-refractivity contribution >= 4 is 21.8 Å². The maximum atomic E-state index is 5.48. The molecule has 2 heterocycles. The second kappa shape index (κ2) is 3.18. The van der Waals surface area contributed by atoms with E-state index in [1.165, 1.54) is 6.33 Å². The highest BCUT2D eigenvalue weighted by molar-refractivity contribution is 9.10. The first kappa shape index (κ1) is 8.25. The summed E-state index contributed by atoms with van der Waals surface area (Å²) in [5.41, 5.74) is 7.21. The van der Waals surface area contributed by atoms with Gasteiger partial charge >= 0.3 is 0 Å². The molecule has 0 bridgehead atoms. The summed E-state index contributed by atoms with van der Waals surface area (Å²) < 4.78 is 5.70. The summed E-state index contributed by atoms with van der Waals surface area (Å²) >= 11 is 3.25. The van der Waals surface area contributed by atoms with Gasteiger partial charge in [0.05, 0.1) is 0 Å². The molecule has 0 spiro atoms. The van der Waals surface area contributed by atoms with E-state index in [2.05, 4.69) is 25.9 Å². The number of anilines is 1. The lowest BCUT2D eigenvalue weighted by Gasteiger charge is -1.93. The van der Waals surface area contributed by atoms with Gasteiger partial charge in [-0.3, -0.25) is 0 Å². The number of halogens is 1. The van der Waals surface area contributed by atoms with E-state index in [-0.39, 0.29) is 0 Å². The molecule has 0 aliphatic rings. The molecule has 2 N–H and O–H groups in total. The van der Waals surface area contributed by atoms with Crippen LogP contribution in [-0.2, 0) is 0 Å². The quantitative estimate of drug-likeness (QED) is 0.828. The van der Waals surface area contributed by atoms with Gasteiger partial charge in [-0.15, -0.1) is 0 Å². The van der Waals surface area contributed by atoms with Crippen LogP contribution >= 0.6 is 15.9 Å². The molecule has 5 heteroatoms. The Morgan fingerprint density at radius 2 is 2.00 bits per heavy atom. The van der Waals surface area contributed by atoms with Gasteiger partial charge in [0, 0.05) is 29.6 Å². The summed E-state index contributed by atoms with van der Waals surface area (Å²) in [5, 5.41) is 0. The largest absolute Gasteiger partial charge is 0.434 e. The molecule has 13 heavy (non-hydrogen) atoms. The molecule has 2 aromatic rings. The highest BCUT2D eigenvalue weighted by Crippen LogP contribution is 2.31. The molecule has 0 amide bonds. The molecule has 2 rings (SSSR count). The van der Waals surface area contributed by atoms with Gasteiger partial charge in [0.25, 0.3) is 0 Å². The lowest BCUT2D eigenvalue weighted by Crippen LogP contribution is -1.80. The zero-order valence-electron chi connectivity index (χ0n) is 6.57. The predicted molar refractivity (Wildman–Crippen MR) is 51.8 cm³/mol. The molecule has 4 nitrogen and oxygen atoms in total. The van der Waals surface area contributed by atoms with Crippen LogP contribution in [0.5, 0.6) is 0 Å². The van der Waals surface area contributed by atoms with E-state index in [1.54, 1.807) is 18.5 Å². The number of furan rings is 1. The van der Waals surface area contributed by atoms with Gasteiger partial charge in [-0.2, -0.15) is 0 Å². The van der Waals surface area contributed by atoms with Gasteiger partial charge in [0.2, 0.25) is 0 Å². The number of hydrogen-bond donors (Lipinski definition) is 1. The highest BCUT2D eigenvalue weighted by atomic mass is 79.9. The van der Waals surface area contributed by atoms with Crippen molar-refractivity contribution in [1.82, 2.24) is 9.97 Å². The molecular weight excluding hydrogens is 234 g/mol. The Morgan fingerprint density at radius 3 is 2.54 bits per heavy atom. The Balaban J connectivity index is 2.53. The molecule has 0 aliphatic heterocycles. The van der Waals surface area contributed by atoms with Gasteiger partial charge in [-0.25, -0.2) is 9.97 Å². The normalized spacial score (nSPS) is 10.2. The number of aromatic nitrogens is 2. The number of nitrogens with two attached hydrogens (primary N) is 1. The van der Waals surface area contributed by atoms with Gasteiger partial charge in [0.1, 0.15) is 6.33 Å². The summed E-state index contributed by atoms with van der Waals surface area (Å²) in [6.45, 7) is 0. The minimum Gasteiger partial charge on any atom is -0.434 e. The third-order valence-corrected chi connectivity index (χ3v) is 2.17. The van der Waals surface area contributed by atoms with Gasteiger partial charge in [-0.05, 0) is 15.9 Å². The second-order valence-electron chi connectivity index (χ2n) is 2.46. The van der Waals surface area contributed by atoms with Crippen molar-refractivity contribution in [2.24, 2.45) is 0 Å². The van der Waals surface area contributed by atoms with E-state index in [0.717, 1.165) is 11.1 Å². The standard InChI is InChI=1S/C8H6BrN3O/c9-8-6(1-7(10)13-8)5-2-11-4-12-3-5/h1-4H,10H2. The van der Waals surface area contributed by atoms with E-state index >= 15 is 0 Å². The zero-order valence-corrected chi connectivity index (χ0v) is 8.15. The summed E-state index contributed by atoms with van der Waals surface area (Å²) in [6.07, 6.45) is 4.87. The zero-order chi connectivity index (χ0) is 9.26. The lowest BCUT2D eigenvalue weighted by molar-refractivity contribution is 0.562. The van der Waals surface area contributed by atoms with Crippen LogP contribution in [0, 0.1) is 0 Å². The molecule has 0 saturated heterocycles. The van der Waals surface area contributed by atoms with Crippen LogP contribution < -0.4 is 5.73 Å². The number of rotatable bonds is 1. The van der Waals surface area contributed by atoms with Crippen LogP contribution in [0.3, 0.4) is 0 Å². The van der Waals surface area contributed by atoms with Crippen molar-refractivity contribution < 1.29 is 4.42 Å². The maximum Gasteiger partial charge on any atom is 0.192 e. The second-order valence-corrected chi connectivity index (χ2v) is 3.18. The monoisotopic (exact) mass is 239 g/mol. The van der Waals surface area contributed by atoms with Crippen LogP contribution in [0.25, 0.3) is 11.1 Å². The van der Waals surface area contributed by atoms with Gasteiger partial charge < -0.3 is 10.2 Å². The molecule has 0 fully saturated rings. The molecule has 0 atom stereocenters. The van der Waals surface area contributed by atoms with E-state index in [4.69, 9.17) is 10.2 Å². The average molecular weight is 240 g/mol. The number of nitrogens with zero attached hydrogens (tertiary/aromatic N) is 2. The van der Waals surface area contributed by atoms with Crippen molar-refractivity contribution in [3.8, 4) is 11.1 Å². The first-order chi connectivity index (χ1) is 6.27. The Kier molecular flexibility index (Phi) is 2.02. The SMILES string of the molecule is Nc1cc(-c2cncnc2)c(Br)o1. The lowest BCUT2D eigenvalue weighted by atomic mass is 10.2. The molecule has 2 aromatic heterocycles. The van der Waals surface area contributed by atoms with E-state index in [0.29, 0.717) is 10.6 Å². The summed E-state index contributed by atoms with van der Waals surface area (Å²) in [7, 11) is 0. The van der Waals surface area contributed by atoms with Crippen LogP contribution in [0.4, 0.5) is 5.88 Å². The molecular formula is C8H6BrN3O. The van der Waals surface area contributed by atoms with Gasteiger partial charge in [-0.1, -0.05) is 0 Å². The first-order valence-corrected chi connectivity index (χ1v) is 4.37.